The van der Waals surface area contributed by atoms with Gasteiger partial charge in [0.25, 0.3) is 0 Å². The van der Waals surface area contributed by atoms with Gasteiger partial charge in [0, 0.05) is 23.2 Å². The molecule has 0 radical (unpaired) electrons. The molecule has 0 saturated carbocycles. The molecule has 5 heteroatoms. The van der Waals surface area contributed by atoms with E-state index >= 15 is 0 Å². The monoisotopic (exact) mass is 356 g/mol. The van der Waals surface area contributed by atoms with Gasteiger partial charge in [0.1, 0.15) is 0 Å². The molecule has 0 heterocycles. The molecule has 2 amide bonds. The molecular formula is C20H24N2O2S. The lowest BCUT2D eigenvalue weighted by atomic mass is 10.1. The number of hydrogen-bond donors (Lipinski definition) is 2. The highest BCUT2D eigenvalue weighted by molar-refractivity contribution is 8.00. The third-order valence-corrected chi connectivity index (χ3v) is 4.89. The van der Waals surface area contributed by atoms with Gasteiger partial charge in [0.15, 0.2) is 0 Å². The molecule has 0 spiro atoms. The second-order valence-corrected chi connectivity index (χ2v) is 7.64. The molecule has 4 nitrogen and oxygen atoms in total. The van der Waals surface area contributed by atoms with Gasteiger partial charge < -0.3 is 10.6 Å². The third-order valence-electron chi connectivity index (χ3n) is 3.78. The number of hydrogen-bond acceptors (Lipinski definition) is 3. The number of thioether (sulfide) groups is 1. The molecule has 0 fully saturated rings. The van der Waals surface area contributed by atoms with E-state index in [1.807, 2.05) is 45.0 Å². The number of amides is 2. The van der Waals surface area contributed by atoms with Gasteiger partial charge >= 0.3 is 0 Å². The Labute approximate surface area is 153 Å². The van der Waals surface area contributed by atoms with Gasteiger partial charge in [-0.25, -0.2) is 0 Å². The Morgan fingerprint density at radius 3 is 2.04 bits per heavy atom. The lowest BCUT2D eigenvalue weighted by Crippen LogP contribution is -2.23. The molecule has 0 unspecified atom stereocenters. The fourth-order valence-electron chi connectivity index (χ4n) is 2.68. The predicted molar refractivity (Wildman–Crippen MR) is 105 cm³/mol. The van der Waals surface area contributed by atoms with E-state index in [0.29, 0.717) is 0 Å². The maximum absolute atomic E-state index is 12.5. The van der Waals surface area contributed by atoms with E-state index in [4.69, 9.17) is 0 Å². The maximum atomic E-state index is 12.5. The lowest BCUT2D eigenvalue weighted by molar-refractivity contribution is -0.115. The maximum Gasteiger partial charge on any atom is 0.237 e. The molecule has 0 aliphatic heterocycles. The van der Waals surface area contributed by atoms with Gasteiger partial charge in [-0.3, -0.25) is 9.59 Å². The highest BCUT2D eigenvalue weighted by Crippen LogP contribution is 2.27. The number of benzene rings is 2. The van der Waals surface area contributed by atoms with Crippen LogP contribution < -0.4 is 10.6 Å². The van der Waals surface area contributed by atoms with Crippen molar-refractivity contribution < 1.29 is 9.59 Å². The summed E-state index contributed by atoms with van der Waals surface area (Å²) < 4.78 is 0. The molecule has 0 aliphatic rings. The van der Waals surface area contributed by atoms with Gasteiger partial charge in [-0.2, -0.15) is 0 Å². The standard InChI is InChI=1S/C20H24N2O2S/c1-12-10-13(2)19(14(3)11-12)22-20(24)15(4)25-18-8-6-17(7-9-18)21-16(5)23/h6-11,15H,1-5H3,(H,21,23)(H,22,24)/t15-/m1/s1. The van der Waals surface area contributed by atoms with Crippen molar-refractivity contribution >= 4 is 35.0 Å². The molecule has 2 aromatic carbocycles. The summed E-state index contributed by atoms with van der Waals surface area (Å²) in [5.41, 5.74) is 4.98. The first-order chi connectivity index (χ1) is 11.8. The van der Waals surface area contributed by atoms with E-state index in [2.05, 4.69) is 29.7 Å². The summed E-state index contributed by atoms with van der Waals surface area (Å²) in [4.78, 5) is 24.6. The number of anilines is 2. The first kappa shape index (κ1) is 19.1. The molecule has 25 heavy (non-hydrogen) atoms. The average Bonchev–Trinajstić information content (AvgIpc) is 2.52. The van der Waals surface area contributed by atoms with Crippen LogP contribution >= 0.6 is 11.8 Å². The summed E-state index contributed by atoms with van der Waals surface area (Å²) >= 11 is 1.49. The number of aryl methyl sites for hydroxylation is 3. The Morgan fingerprint density at radius 1 is 0.960 bits per heavy atom. The minimum Gasteiger partial charge on any atom is -0.326 e. The smallest absolute Gasteiger partial charge is 0.237 e. The first-order valence-electron chi connectivity index (χ1n) is 8.19. The van der Waals surface area contributed by atoms with Gasteiger partial charge in [-0.1, -0.05) is 17.7 Å². The fraction of sp³-hybridized carbons (Fsp3) is 0.300. The van der Waals surface area contributed by atoms with Crippen molar-refractivity contribution in [1.82, 2.24) is 0 Å². The van der Waals surface area contributed by atoms with Gasteiger partial charge in [-0.05, 0) is 63.1 Å². The normalized spacial score (nSPS) is 11.7. The highest BCUT2D eigenvalue weighted by Gasteiger charge is 2.16. The quantitative estimate of drug-likeness (QED) is 0.764. The van der Waals surface area contributed by atoms with Crippen LogP contribution in [0, 0.1) is 20.8 Å². The molecule has 0 saturated heterocycles. The second kappa shape index (κ2) is 8.21. The van der Waals surface area contributed by atoms with E-state index in [9.17, 15) is 9.59 Å². The van der Waals surface area contributed by atoms with Gasteiger partial charge in [-0.15, -0.1) is 11.8 Å². The van der Waals surface area contributed by atoms with Crippen LogP contribution in [0.1, 0.15) is 30.5 Å². The number of nitrogens with one attached hydrogen (secondary N) is 2. The summed E-state index contributed by atoms with van der Waals surface area (Å²) in [6, 6.07) is 11.6. The van der Waals surface area contributed by atoms with Crippen LogP contribution in [0.15, 0.2) is 41.3 Å². The average molecular weight is 356 g/mol. The van der Waals surface area contributed by atoms with Crippen LogP contribution in [0.5, 0.6) is 0 Å². The minimum absolute atomic E-state index is 0.0222. The summed E-state index contributed by atoms with van der Waals surface area (Å²) in [6.45, 7) is 9.43. The van der Waals surface area contributed by atoms with Crippen LogP contribution in [-0.2, 0) is 9.59 Å². The molecule has 2 rings (SSSR count). The van der Waals surface area contributed by atoms with Gasteiger partial charge in [0.05, 0.1) is 5.25 Å². The molecule has 2 N–H and O–H groups in total. The van der Waals surface area contributed by atoms with Crippen molar-refractivity contribution in [3.05, 3.63) is 53.1 Å². The topological polar surface area (TPSA) is 58.2 Å². The number of rotatable bonds is 5. The van der Waals surface area contributed by atoms with Crippen molar-refractivity contribution in [1.29, 1.82) is 0 Å². The zero-order valence-electron chi connectivity index (χ0n) is 15.3. The first-order valence-corrected chi connectivity index (χ1v) is 9.07. The van der Waals surface area contributed by atoms with E-state index in [-0.39, 0.29) is 17.1 Å². The summed E-state index contributed by atoms with van der Waals surface area (Å²) in [5, 5.41) is 5.55. The highest BCUT2D eigenvalue weighted by atomic mass is 32.2. The Hall–Kier alpha value is -2.27. The number of carbonyl (C=O) groups excluding carboxylic acids is 2. The molecule has 0 bridgehead atoms. The summed E-state index contributed by atoms with van der Waals surface area (Å²) in [7, 11) is 0. The van der Waals surface area contributed by atoms with E-state index < -0.39 is 0 Å². The third kappa shape index (κ3) is 5.36. The van der Waals surface area contributed by atoms with Gasteiger partial charge in [0.2, 0.25) is 11.8 Å². The van der Waals surface area contributed by atoms with E-state index in [1.54, 1.807) is 0 Å². The Morgan fingerprint density at radius 2 is 1.52 bits per heavy atom. The van der Waals surface area contributed by atoms with Crippen LogP contribution in [0.4, 0.5) is 11.4 Å². The van der Waals surface area contributed by atoms with Crippen LogP contribution in [0.2, 0.25) is 0 Å². The van der Waals surface area contributed by atoms with Crippen LogP contribution in [-0.4, -0.2) is 17.1 Å². The largest absolute Gasteiger partial charge is 0.326 e. The minimum atomic E-state index is -0.230. The Balaban J connectivity index is 2.02. The predicted octanol–water partition coefficient (Wildman–Crippen LogP) is 4.69. The Bertz CT molecular complexity index is 762. The van der Waals surface area contributed by atoms with Crippen molar-refractivity contribution in [3.63, 3.8) is 0 Å². The second-order valence-electron chi connectivity index (χ2n) is 6.23. The van der Waals surface area contributed by atoms with Crippen molar-refractivity contribution in [2.45, 2.75) is 44.8 Å². The molecule has 1 atom stereocenters. The van der Waals surface area contributed by atoms with Crippen LogP contribution in [0.3, 0.4) is 0 Å². The molecule has 2 aromatic rings. The van der Waals surface area contributed by atoms with E-state index in [1.165, 1.54) is 24.2 Å². The lowest BCUT2D eigenvalue weighted by Gasteiger charge is -2.16. The summed E-state index contributed by atoms with van der Waals surface area (Å²) in [6.07, 6.45) is 0. The molecule has 132 valence electrons. The zero-order chi connectivity index (χ0) is 18.6. The van der Waals surface area contributed by atoms with Crippen LogP contribution in [0.25, 0.3) is 0 Å². The zero-order valence-corrected chi connectivity index (χ0v) is 16.1. The fourth-order valence-corrected chi connectivity index (χ4v) is 3.55. The molecular weight excluding hydrogens is 332 g/mol. The molecule has 0 aliphatic carbocycles. The molecule has 0 aromatic heterocycles. The summed E-state index contributed by atoms with van der Waals surface area (Å²) in [5.74, 6) is -0.122. The number of carbonyl (C=O) groups is 2. The Kier molecular flexibility index (Phi) is 6.26. The van der Waals surface area contributed by atoms with Crippen molar-refractivity contribution in [2.75, 3.05) is 10.6 Å². The SMILES string of the molecule is CC(=O)Nc1ccc(S[C@H](C)C(=O)Nc2c(C)cc(C)cc2C)cc1. The van der Waals surface area contributed by atoms with E-state index in [0.717, 1.165) is 27.4 Å². The van der Waals surface area contributed by atoms with Crippen molar-refractivity contribution in [2.24, 2.45) is 0 Å². The van der Waals surface area contributed by atoms with Crippen molar-refractivity contribution in [3.8, 4) is 0 Å².